The summed E-state index contributed by atoms with van der Waals surface area (Å²) in [6.45, 7) is 0. The average molecular weight is 295 g/mol. The van der Waals surface area contributed by atoms with Gasteiger partial charge in [0.25, 0.3) is 0 Å². The SMILES string of the molecule is Nc1c(C#Cc2cccnc2)cccc1C#Cc1cccnc1. The van der Waals surface area contributed by atoms with Crippen molar-refractivity contribution in [2.75, 3.05) is 5.73 Å². The Morgan fingerprint density at radius 1 is 0.652 bits per heavy atom. The van der Waals surface area contributed by atoms with Gasteiger partial charge in [0.15, 0.2) is 0 Å². The van der Waals surface area contributed by atoms with Crippen LogP contribution in [0, 0.1) is 23.7 Å². The number of pyridine rings is 2. The molecule has 0 atom stereocenters. The monoisotopic (exact) mass is 295 g/mol. The first-order valence-corrected chi connectivity index (χ1v) is 7.05. The molecule has 3 heteroatoms. The minimum absolute atomic E-state index is 0.584. The van der Waals surface area contributed by atoms with Crippen LogP contribution in [0.15, 0.2) is 67.3 Å². The fourth-order valence-electron chi connectivity index (χ4n) is 1.94. The molecule has 0 unspecified atom stereocenters. The third kappa shape index (κ3) is 3.75. The van der Waals surface area contributed by atoms with E-state index in [0.717, 1.165) is 22.3 Å². The molecule has 0 spiro atoms. The van der Waals surface area contributed by atoms with Crippen molar-refractivity contribution in [1.29, 1.82) is 0 Å². The molecule has 0 aliphatic rings. The smallest absolute Gasteiger partial charge is 0.0632 e. The van der Waals surface area contributed by atoms with Gasteiger partial charge in [-0.15, -0.1) is 0 Å². The maximum atomic E-state index is 6.18. The molecule has 3 rings (SSSR count). The van der Waals surface area contributed by atoms with Gasteiger partial charge >= 0.3 is 0 Å². The first-order chi connectivity index (χ1) is 11.3. The molecule has 1 aromatic carbocycles. The van der Waals surface area contributed by atoms with E-state index in [-0.39, 0.29) is 0 Å². The number of nitrogens with two attached hydrogens (primary N) is 1. The van der Waals surface area contributed by atoms with Crippen molar-refractivity contribution in [2.24, 2.45) is 0 Å². The molecule has 0 amide bonds. The summed E-state index contributed by atoms with van der Waals surface area (Å²) >= 11 is 0. The average Bonchev–Trinajstić information content (AvgIpc) is 2.61. The highest BCUT2D eigenvalue weighted by atomic mass is 14.6. The lowest BCUT2D eigenvalue weighted by atomic mass is 10.1. The number of hydrogen-bond acceptors (Lipinski definition) is 3. The molecule has 3 aromatic rings. The Bertz CT molecular complexity index is 849. The fourth-order valence-corrected chi connectivity index (χ4v) is 1.94. The molecule has 2 N–H and O–H groups in total. The summed E-state index contributed by atoms with van der Waals surface area (Å²) in [5.41, 5.74) is 9.96. The number of aromatic nitrogens is 2. The van der Waals surface area contributed by atoms with E-state index in [1.54, 1.807) is 24.8 Å². The molecule has 0 saturated heterocycles. The zero-order chi connectivity index (χ0) is 15.9. The molecule has 0 aliphatic heterocycles. The number of rotatable bonds is 0. The summed E-state index contributed by atoms with van der Waals surface area (Å²) in [6, 6.07) is 13.2. The maximum absolute atomic E-state index is 6.18. The number of anilines is 1. The summed E-state index contributed by atoms with van der Waals surface area (Å²) in [7, 11) is 0. The van der Waals surface area contributed by atoms with Crippen molar-refractivity contribution < 1.29 is 0 Å². The van der Waals surface area contributed by atoms with E-state index >= 15 is 0 Å². The van der Waals surface area contributed by atoms with E-state index in [9.17, 15) is 0 Å². The van der Waals surface area contributed by atoms with E-state index in [0.29, 0.717) is 5.69 Å². The Morgan fingerprint density at radius 3 is 1.61 bits per heavy atom. The van der Waals surface area contributed by atoms with E-state index in [4.69, 9.17) is 5.73 Å². The standard InChI is InChI=1S/C20H13N3/c21-20-18(10-8-16-4-2-12-22-14-16)6-1-7-19(20)11-9-17-5-3-13-23-15-17/h1-7,12-15H,21H2. The van der Waals surface area contributed by atoms with Gasteiger partial charge in [0, 0.05) is 47.0 Å². The van der Waals surface area contributed by atoms with Crippen LogP contribution in [0.25, 0.3) is 0 Å². The Morgan fingerprint density at radius 2 is 1.17 bits per heavy atom. The molecule has 0 bridgehead atoms. The van der Waals surface area contributed by atoms with Gasteiger partial charge in [-0.05, 0) is 36.4 Å². The third-order valence-electron chi connectivity index (χ3n) is 3.11. The van der Waals surface area contributed by atoms with Crippen LogP contribution in [-0.2, 0) is 0 Å². The second kappa shape index (κ2) is 6.93. The highest BCUT2D eigenvalue weighted by Crippen LogP contribution is 2.16. The Hall–Kier alpha value is -3.56. The molecule has 108 valence electrons. The van der Waals surface area contributed by atoms with Crippen LogP contribution in [0.3, 0.4) is 0 Å². The van der Waals surface area contributed by atoms with E-state index in [1.165, 1.54) is 0 Å². The predicted molar refractivity (Wildman–Crippen MR) is 91.3 cm³/mol. The van der Waals surface area contributed by atoms with Gasteiger partial charge in [-0.3, -0.25) is 9.97 Å². The lowest BCUT2D eigenvalue weighted by Crippen LogP contribution is -1.94. The van der Waals surface area contributed by atoms with Crippen LogP contribution in [-0.4, -0.2) is 9.97 Å². The molecule has 3 nitrogen and oxygen atoms in total. The number of para-hydroxylation sites is 1. The summed E-state index contributed by atoms with van der Waals surface area (Å²) in [6.07, 6.45) is 6.87. The van der Waals surface area contributed by atoms with Gasteiger partial charge in [-0.2, -0.15) is 0 Å². The van der Waals surface area contributed by atoms with Crippen LogP contribution >= 0.6 is 0 Å². The molecule has 0 radical (unpaired) electrons. The molecule has 0 aliphatic carbocycles. The Balaban J connectivity index is 1.91. The molecular weight excluding hydrogens is 282 g/mol. The van der Waals surface area contributed by atoms with Crippen molar-refractivity contribution >= 4 is 5.69 Å². The van der Waals surface area contributed by atoms with Crippen LogP contribution in [0.1, 0.15) is 22.3 Å². The number of benzene rings is 1. The van der Waals surface area contributed by atoms with Gasteiger partial charge in [0.1, 0.15) is 0 Å². The van der Waals surface area contributed by atoms with E-state index in [2.05, 4.69) is 33.6 Å². The molecular formula is C20H13N3. The zero-order valence-electron chi connectivity index (χ0n) is 12.3. The van der Waals surface area contributed by atoms with Crippen LogP contribution < -0.4 is 5.73 Å². The first-order valence-electron chi connectivity index (χ1n) is 7.05. The second-order valence-corrected chi connectivity index (χ2v) is 4.75. The molecule has 0 saturated carbocycles. The summed E-state index contributed by atoms with van der Waals surface area (Å²) in [4.78, 5) is 8.08. The van der Waals surface area contributed by atoms with Crippen molar-refractivity contribution in [3.63, 3.8) is 0 Å². The molecule has 23 heavy (non-hydrogen) atoms. The summed E-state index contributed by atoms with van der Waals surface area (Å²) < 4.78 is 0. The highest BCUT2D eigenvalue weighted by molar-refractivity contribution is 5.67. The van der Waals surface area contributed by atoms with Crippen molar-refractivity contribution in [2.45, 2.75) is 0 Å². The summed E-state index contributed by atoms with van der Waals surface area (Å²) in [5.74, 6) is 12.2. The topological polar surface area (TPSA) is 51.8 Å². The number of nitrogens with zero attached hydrogens (tertiary/aromatic N) is 2. The van der Waals surface area contributed by atoms with Gasteiger partial charge in [0.2, 0.25) is 0 Å². The number of nitrogen functional groups attached to an aromatic ring is 1. The molecule has 2 aromatic heterocycles. The lowest BCUT2D eigenvalue weighted by Gasteiger charge is -2.00. The lowest BCUT2D eigenvalue weighted by molar-refractivity contribution is 1.31. The fraction of sp³-hybridized carbons (Fsp3) is 0. The maximum Gasteiger partial charge on any atom is 0.0632 e. The van der Waals surface area contributed by atoms with Crippen molar-refractivity contribution in [3.8, 4) is 23.7 Å². The predicted octanol–water partition coefficient (Wildman–Crippen LogP) is 2.86. The van der Waals surface area contributed by atoms with Gasteiger partial charge < -0.3 is 5.73 Å². The third-order valence-corrected chi connectivity index (χ3v) is 3.11. The van der Waals surface area contributed by atoms with E-state index < -0.39 is 0 Å². The minimum Gasteiger partial charge on any atom is -0.397 e. The van der Waals surface area contributed by atoms with Crippen molar-refractivity contribution in [3.05, 3.63) is 89.5 Å². The Kier molecular flexibility index (Phi) is 4.34. The first kappa shape index (κ1) is 14.4. The zero-order valence-corrected chi connectivity index (χ0v) is 12.3. The normalized spacial score (nSPS) is 9.22. The Labute approximate surface area is 135 Å². The molecule has 0 fully saturated rings. The molecule has 2 heterocycles. The highest BCUT2D eigenvalue weighted by Gasteiger charge is 2.00. The van der Waals surface area contributed by atoms with Gasteiger partial charge in [-0.25, -0.2) is 0 Å². The summed E-state index contributed by atoms with van der Waals surface area (Å²) in [5, 5.41) is 0. The van der Waals surface area contributed by atoms with Gasteiger partial charge in [-0.1, -0.05) is 29.7 Å². The number of hydrogen-bond donors (Lipinski definition) is 1. The van der Waals surface area contributed by atoms with E-state index in [1.807, 2.05) is 42.5 Å². The van der Waals surface area contributed by atoms with Crippen LogP contribution in [0.5, 0.6) is 0 Å². The van der Waals surface area contributed by atoms with Crippen LogP contribution in [0.4, 0.5) is 5.69 Å². The largest absolute Gasteiger partial charge is 0.397 e. The quantitative estimate of drug-likeness (QED) is 0.512. The van der Waals surface area contributed by atoms with Gasteiger partial charge in [0.05, 0.1) is 5.69 Å². The second-order valence-electron chi connectivity index (χ2n) is 4.75. The minimum atomic E-state index is 0.584. The van der Waals surface area contributed by atoms with Crippen LogP contribution in [0.2, 0.25) is 0 Å². The van der Waals surface area contributed by atoms with Crippen molar-refractivity contribution in [1.82, 2.24) is 9.97 Å².